The van der Waals surface area contributed by atoms with Crippen molar-refractivity contribution in [2.75, 3.05) is 38.2 Å². The van der Waals surface area contributed by atoms with Crippen LogP contribution in [0.25, 0.3) is 0 Å². The molecular formula is C20H22F2N8O2S. The van der Waals surface area contributed by atoms with Crippen LogP contribution in [0.3, 0.4) is 0 Å². The van der Waals surface area contributed by atoms with Crippen molar-refractivity contribution in [1.82, 2.24) is 35.4 Å². The minimum Gasteiger partial charge on any atom is -0.474 e. The molecule has 0 saturated carbocycles. The third kappa shape index (κ3) is 5.08. The van der Waals surface area contributed by atoms with Gasteiger partial charge in [-0.05, 0) is 36.0 Å². The molecule has 13 heteroatoms. The molecule has 2 N–H and O–H groups in total. The van der Waals surface area contributed by atoms with Crippen molar-refractivity contribution in [2.24, 2.45) is 0 Å². The highest BCUT2D eigenvalue weighted by Gasteiger charge is 2.27. The van der Waals surface area contributed by atoms with E-state index in [4.69, 9.17) is 17.0 Å². The number of methoxy groups -OCH3 is 1. The van der Waals surface area contributed by atoms with Gasteiger partial charge in [0.2, 0.25) is 5.91 Å². The quantitative estimate of drug-likeness (QED) is 0.512. The van der Waals surface area contributed by atoms with Gasteiger partial charge in [-0.25, -0.2) is 8.78 Å². The normalized spacial score (nSPS) is 14.8. The molecule has 1 saturated heterocycles. The highest BCUT2D eigenvalue weighted by Crippen LogP contribution is 2.30. The molecule has 2 aromatic heterocycles. The van der Waals surface area contributed by atoms with Crippen molar-refractivity contribution in [2.45, 2.75) is 12.6 Å². The molecule has 0 radical (unpaired) electrons. The van der Waals surface area contributed by atoms with Crippen molar-refractivity contribution < 1.29 is 18.3 Å². The van der Waals surface area contributed by atoms with Gasteiger partial charge in [0, 0.05) is 38.6 Å². The number of piperazine rings is 1. The molecule has 174 valence electrons. The maximum absolute atomic E-state index is 15.1. The van der Waals surface area contributed by atoms with Crippen LogP contribution in [0, 0.1) is 11.6 Å². The van der Waals surface area contributed by atoms with Gasteiger partial charge in [0.1, 0.15) is 35.6 Å². The molecule has 3 heterocycles. The van der Waals surface area contributed by atoms with Gasteiger partial charge in [-0.3, -0.25) is 9.48 Å². The van der Waals surface area contributed by atoms with Crippen LogP contribution < -0.4 is 10.2 Å². The molecule has 1 unspecified atom stereocenters. The Morgan fingerprint density at radius 1 is 1.27 bits per heavy atom. The number of nitrogens with zero attached hydrogens (tertiary/aromatic N) is 6. The van der Waals surface area contributed by atoms with Gasteiger partial charge < -0.3 is 19.9 Å². The van der Waals surface area contributed by atoms with Gasteiger partial charge in [-0.1, -0.05) is 0 Å². The molecule has 0 spiro atoms. The zero-order chi connectivity index (χ0) is 23.4. The number of anilines is 1. The van der Waals surface area contributed by atoms with Crippen molar-refractivity contribution in [1.29, 1.82) is 0 Å². The van der Waals surface area contributed by atoms with Gasteiger partial charge >= 0.3 is 0 Å². The Kier molecular flexibility index (Phi) is 6.77. The molecule has 10 nitrogen and oxygen atoms in total. The maximum Gasteiger partial charge on any atom is 0.257 e. The summed E-state index contributed by atoms with van der Waals surface area (Å²) in [6.07, 6.45) is 4.74. The molecule has 0 aliphatic carbocycles. The van der Waals surface area contributed by atoms with E-state index in [0.717, 1.165) is 0 Å². The van der Waals surface area contributed by atoms with Crippen molar-refractivity contribution in [3.63, 3.8) is 0 Å². The van der Waals surface area contributed by atoms with Crippen LogP contribution in [-0.4, -0.2) is 74.5 Å². The highest BCUT2D eigenvalue weighted by atomic mass is 32.1. The molecule has 1 atom stereocenters. The van der Waals surface area contributed by atoms with Crippen LogP contribution in [0.15, 0.2) is 36.8 Å². The number of ether oxygens (including phenoxy) is 1. The van der Waals surface area contributed by atoms with E-state index in [0.29, 0.717) is 31.9 Å². The first-order valence-corrected chi connectivity index (χ1v) is 10.6. The van der Waals surface area contributed by atoms with Crippen molar-refractivity contribution in [3.05, 3.63) is 59.7 Å². The molecule has 33 heavy (non-hydrogen) atoms. The number of halogens is 2. The average molecular weight is 477 g/mol. The average Bonchev–Trinajstić information content (AvgIpc) is 3.51. The molecule has 1 aliphatic rings. The summed E-state index contributed by atoms with van der Waals surface area (Å²) in [4.78, 5) is 15.7. The SMILES string of the molecule is COC(=S)NC(c1cc(F)c(N2CCN(C(=O)Cn3cccn3)CC2)c(F)c1)c1cn[nH]n1. The number of carbonyl (C=O) groups excluding carboxylic acids is 1. The molecule has 1 fully saturated rings. The number of rotatable bonds is 6. The summed E-state index contributed by atoms with van der Waals surface area (Å²) < 4.78 is 36.7. The lowest BCUT2D eigenvalue weighted by molar-refractivity contribution is -0.132. The van der Waals surface area contributed by atoms with Crippen molar-refractivity contribution >= 4 is 29.0 Å². The summed E-state index contributed by atoms with van der Waals surface area (Å²) in [5.41, 5.74) is 0.534. The molecular weight excluding hydrogens is 454 g/mol. The number of thiocarbonyl (C=S) groups is 1. The predicted molar refractivity (Wildman–Crippen MR) is 118 cm³/mol. The van der Waals surface area contributed by atoms with E-state index in [1.165, 1.54) is 25.4 Å². The Morgan fingerprint density at radius 2 is 2.00 bits per heavy atom. The second kappa shape index (κ2) is 9.90. The number of H-pyrrole nitrogens is 1. The lowest BCUT2D eigenvalue weighted by Crippen LogP contribution is -2.50. The minimum atomic E-state index is -0.758. The van der Waals surface area contributed by atoms with Crippen LogP contribution in [0.2, 0.25) is 0 Å². The van der Waals surface area contributed by atoms with E-state index in [9.17, 15) is 4.79 Å². The monoisotopic (exact) mass is 476 g/mol. The number of carbonyl (C=O) groups is 1. The topological polar surface area (TPSA) is 104 Å². The fourth-order valence-corrected chi connectivity index (χ4v) is 3.84. The van der Waals surface area contributed by atoms with Gasteiger partial charge in [-0.15, -0.1) is 0 Å². The second-order valence-electron chi connectivity index (χ2n) is 7.37. The molecule has 1 aromatic carbocycles. The second-order valence-corrected chi connectivity index (χ2v) is 7.74. The van der Waals surface area contributed by atoms with E-state index >= 15 is 8.78 Å². The summed E-state index contributed by atoms with van der Waals surface area (Å²) in [5.74, 6) is -1.54. The lowest BCUT2D eigenvalue weighted by Gasteiger charge is -2.36. The standard InChI is InChI=1S/C20H22F2N8O2S/c1-32-20(33)25-18(16-11-23-27-26-16)13-9-14(21)19(15(22)10-13)29-7-5-28(6-8-29)17(31)12-30-4-2-3-24-30/h2-4,9-11,18H,5-8,12H2,1H3,(H,25,33)(H,23,26,27). The Bertz CT molecular complexity index is 1080. The molecule has 0 bridgehead atoms. The highest BCUT2D eigenvalue weighted by molar-refractivity contribution is 7.80. The summed E-state index contributed by atoms with van der Waals surface area (Å²) in [6.45, 7) is 1.44. The van der Waals surface area contributed by atoms with E-state index in [1.807, 2.05) is 0 Å². The van der Waals surface area contributed by atoms with E-state index in [2.05, 4.69) is 25.8 Å². The number of benzene rings is 1. The first-order valence-electron chi connectivity index (χ1n) is 10.2. The van der Waals surface area contributed by atoms with Gasteiger partial charge in [0.05, 0.1) is 13.3 Å². The smallest absolute Gasteiger partial charge is 0.257 e. The Labute approximate surface area is 193 Å². The van der Waals surface area contributed by atoms with Crippen LogP contribution in [0.4, 0.5) is 14.5 Å². The summed E-state index contributed by atoms with van der Waals surface area (Å²) in [6, 6.07) is 3.45. The van der Waals surface area contributed by atoms with Gasteiger partial charge in [0.25, 0.3) is 5.17 Å². The van der Waals surface area contributed by atoms with Crippen LogP contribution in [0.5, 0.6) is 0 Å². The first-order chi connectivity index (χ1) is 16.0. The molecule has 1 aliphatic heterocycles. The molecule has 4 rings (SSSR count). The third-order valence-corrected chi connectivity index (χ3v) is 5.64. The minimum absolute atomic E-state index is 0.0452. The predicted octanol–water partition coefficient (Wildman–Crippen LogP) is 1.24. The summed E-state index contributed by atoms with van der Waals surface area (Å²) >= 11 is 5.04. The van der Waals surface area contributed by atoms with E-state index in [-0.39, 0.29) is 28.9 Å². The van der Waals surface area contributed by atoms with Crippen molar-refractivity contribution in [3.8, 4) is 0 Å². The zero-order valence-electron chi connectivity index (χ0n) is 17.7. The molecule has 3 aromatic rings. The summed E-state index contributed by atoms with van der Waals surface area (Å²) in [5, 5.41) is 17.1. The lowest BCUT2D eigenvalue weighted by atomic mass is 10.0. The van der Waals surface area contributed by atoms with Gasteiger partial charge in [-0.2, -0.15) is 20.5 Å². The van der Waals surface area contributed by atoms with Gasteiger partial charge in [0.15, 0.2) is 0 Å². The van der Waals surface area contributed by atoms with Crippen LogP contribution in [0.1, 0.15) is 17.3 Å². The number of amides is 1. The number of aromatic nitrogens is 5. The van der Waals surface area contributed by atoms with Crippen LogP contribution in [-0.2, 0) is 16.1 Å². The number of hydrogen-bond acceptors (Lipinski definition) is 7. The largest absolute Gasteiger partial charge is 0.474 e. The Hall–Kier alpha value is -3.61. The number of aromatic amines is 1. The number of hydrogen-bond donors (Lipinski definition) is 2. The maximum atomic E-state index is 15.1. The zero-order valence-corrected chi connectivity index (χ0v) is 18.6. The Balaban J connectivity index is 1.48. The first kappa shape index (κ1) is 22.6. The van der Waals surface area contributed by atoms with Crippen LogP contribution >= 0.6 is 12.2 Å². The van der Waals surface area contributed by atoms with E-state index in [1.54, 1.807) is 32.9 Å². The number of nitrogens with one attached hydrogen (secondary N) is 2. The fraction of sp³-hybridized carbons (Fsp3) is 0.350. The third-order valence-electron chi connectivity index (χ3n) is 5.35. The summed E-state index contributed by atoms with van der Waals surface area (Å²) in [7, 11) is 1.39. The fourth-order valence-electron chi connectivity index (χ4n) is 3.72. The Morgan fingerprint density at radius 3 is 2.58 bits per heavy atom. The molecule has 1 amide bonds. The van der Waals surface area contributed by atoms with E-state index < -0.39 is 17.7 Å².